The number of nitrogens with one attached hydrogen (secondary N) is 1. The smallest absolute Gasteiger partial charge is 0.0510 e. The van der Waals surface area contributed by atoms with Crippen molar-refractivity contribution in [1.82, 2.24) is 0 Å². The molecule has 2 nitrogen and oxygen atoms in total. The Morgan fingerprint density at radius 2 is 2.43 bits per heavy atom. The van der Waals surface area contributed by atoms with Crippen LogP contribution in [0.1, 0.15) is 5.56 Å². The van der Waals surface area contributed by atoms with E-state index in [2.05, 4.69) is 5.32 Å². The Morgan fingerprint density at radius 3 is 3.21 bits per heavy atom. The van der Waals surface area contributed by atoms with Gasteiger partial charge < -0.3 is 10.1 Å². The highest BCUT2D eigenvalue weighted by Gasteiger charge is 2.17. The lowest BCUT2D eigenvalue weighted by Crippen LogP contribution is -2.26. The molecule has 0 aromatic heterocycles. The first-order valence-corrected chi connectivity index (χ1v) is 5.18. The maximum Gasteiger partial charge on any atom is 0.0510 e. The van der Waals surface area contributed by atoms with Gasteiger partial charge in [0.2, 0.25) is 0 Å². The molecule has 1 aliphatic rings. The van der Waals surface area contributed by atoms with Crippen LogP contribution in [-0.2, 0) is 11.2 Å². The Hall–Kier alpha value is -0.730. The molecular weight excluding hydrogens is 198 g/mol. The Kier molecular flexibility index (Phi) is 2.94. The number of methoxy groups -OCH3 is 1. The van der Waals surface area contributed by atoms with Crippen molar-refractivity contribution in [2.24, 2.45) is 5.92 Å². The van der Waals surface area contributed by atoms with Gasteiger partial charge in [-0.2, -0.15) is 0 Å². The Morgan fingerprint density at radius 1 is 1.57 bits per heavy atom. The van der Waals surface area contributed by atoms with E-state index in [1.807, 2.05) is 18.2 Å². The second kappa shape index (κ2) is 4.20. The van der Waals surface area contributed by atoms with E-state index < -0.39 is 0 Å². The third kappa shape index (κ3) is 2.02. The van der Waals surface area contributed by atoms with Crippen molar-refractivity contribution in [1.29, 1.82) is 0 Å². The molecule has 2 rings (SSSR count). The summed E-state index contributed by atoms with van der Waals surface area (Å²) in [4.78, 5) is 0. The molecule has 0 spiro atoms. The largest absolute Gasteiger partial charge is 0.384 e. The minimum atomic E-state index is 0.561. The second-order valence-electron chi connectivity index (χ2n) is 3.71. The van der Waals surface area contributed by atoms with Crippen LogP contribution in [0.15, 0.2) is 18.2 Å². The van der Waals surface area contributed by atoms with Gasteiger partial charge in [0, 0.05) is 30.3 Å². The summed E-state index contributed by atoms with van der Waals surface area (Å²) in [5.41, 5.74) is 2.51. The molecule has 0 amide bonds. The summed E-state index contributed by atoms with van der Waals surface area (Å²) in [6, 6.07) is 6.00. The first-order chi connectivity index (χ1) is 6.79. The van der Waals surface area contributed by atoms with Crippen LogP contribution in [0.2, 0.25) is 5.02 Å². The Labute approximate surface area is 89.2 Å². The summed E-state index contributed by atoms with van der Waals surface area (Å²) in [5.74, 6) is 0.561. The molecule has 0 saturated heterocycles. The van der Waals surface area contributed by atoms with Crippen molar-refractivity contribution in [3.63, 3.8) is 0 Å². The van der Waals surface area contributed by atoms with Gasteiger partial charge in [0.15, 0.2) is 0 Å². The molecule has 0 radical (unpaired) electrons. The lowest BCUT2D eigenvalue weighted by Gasteiger charge is -2.25. The van der Waals surface area contributed by atoms with Gasteiger partial charge in [0.1, 0.15) is 0 Å². The van der Waals surface area contributed by atoms with Gasteiger partial charge in [-0.25, -0.2) is 0 Å². The van der Waals surface area contributed by atoms with E-state index in [9.17, 15) is 0 Å². The molecule has 0 fully saturated rings. The first kappa shape index (κ1) is 9.81. The molecule has 1 heterocycles. The molecule has 0 aliphatic carbocycles. The molecule has 3 heteroatoms. The predicted molar refractivity (Wildman–Crippen MR) is 59.0 cm³/mol. The fourth-order valence-electron chi connectivity index (χ4n) is 1.89. The molecule has 0 bridgehead atoms. The van der Waals surface area contributed by atoms with Crippen LogP contribution in [-0.4, -0.2) is 20.3 Å². The number of ether oxygens (including phenoxy) is 1. The van der Waals surface area contributed by atoms with Gasteiger partial charge in [-0.05, 0) is 30.2 Å². The van der Waals surface area contributed by atoms with Crippen LogP contribution in [0.25, 0.3) is 0 Å². The minimum Gasteiger partial charge on any atom is -0.384 e. The van der Waals surface area contributed by atoms with Crippen molar-refractivity contribution in [3.05, 3.63) is 28.8 Å². The van der Waals surface area contributed by atoms with Crippen LogP contribution in [0.4, 0.5) is 5.69 Å². The molecular formula is C11H14ClNO. The molecule has 1 aromatic carbocycles. The van der Waals surface area contributed by atoms with Crippen LogP contribution in [0, 0.1) is 5.92 Å². The fourth-order valence-corrected chi connectivity index (χ4v) is 2.09. The zero-order chi connectivity index (χ0) is 9.97. The molecule has 76 valence electrons. The Balaban J connectivity index is 2.16. The molecule has 1 unspecified atom stereocenters. The maximum absolute atomic E-state index is 5.94. The van der Waals surface area contributed by atoms with Crippen molar-refractivity contribution in [2.45, 2.75) is 6.42 Å². The number of hydrogen-bond donors (Lipinski definition) is 1. The van der Waals surface area contributed by atoms with Crippen LogP contribution < -0.4 is 5.32 Å². The second-order valence-corrected chi connectivity index (χ2v) is 4.14. The highest BCUT2D eigenvalue weighted by molar-refractivity contribution is 6.30. The quantitative estimate of drug-likeness (QED) is 0.812. The number of halogens is 1. The SMILES string of the molecule is COCC1CNc2ccc(Cl)cc2C1. The first-order valence-electron chi connectivity index (χ1n) is 4.81. The van der Waals surface area contributed by atoms with Gasteiger partial charge in [-0.3, -0.25) is 0 Å². The van der Waals surface area contributed by atoms with Crippen LogP contribution >= 0.6 is 11.6 Å². The summed E-state index contributed by atoms with van der Waals surface area (Å²) < 4.78 is 5.15. The summed E-state index contributed by atoms with van der Waals surface area (Å²) in [6.45, 7) is 1.79. The van der Waals surface area contributed by atoms with Gasteiger partial charge >= 0.3 is 0 Å². The van der Waals surface area contributed by atoms with E-state index in [0.29, 0.717) is 5.92 Å². The summed E-state index contributed by atoms with van der Waals surface area (Å²) in [6.07, 6.45) is 1.05. The average molecular weight is 212 g/mol. The van der Waals surface area contributed by atoms with Gasteiger partial charge in [0.05, 0.1) is 6.61 Å². The monoisotopic (exact) mass is 211 g/mol. The third-order valence-corrected chi connectivity index (χ3v) is 2.79. The van der Waals surface area contributed by atoms with Gasteiger partial charge in [-0.15, -0.1) is 0 Å². The number of benzene rings is 1. The van der Waals surface area contributed by atoms with Crippen molar-refractivity contribution in [2.75, 3.05) is 25.6 Å². The number of rotatable bonds is 2. The Bertz CT molecular complexity index is 327. The molecule has 0 saturated carbocycles. The van der Waals surface area contributed by atoms with E-state index in [1.165, 1.54) is 11.3 Å². The molecule has 1 N–H and O–H groups in total. The van der Waals surface area contributed by atoms with E-state index >= 15 is 0 Å². The van der Waals surface area contributed by atoms with Crippen LogP contribution in [0.5, 0.6) is 0 Å². The summed E-state index contributed by atoms with van der Waals surface area (Å²) in [7, 11) is 1.74. The van der Waals surface area contributed by atoms with Crippen molar-refractivity contribution < 1.29 is 4.74 Å². The fraction of sp³-hybridized carbons (Fsp3) is 0.455. The van der Waals surface area contributed by atoms with E-state index in [1.54, 1.807) is 7.11 Å². The normalized spacial score (nSPS) is 20.0. The van der Waals surface area contributed by atoms with Gasteiger partial charge in [-0.1, -0.05) is 11.6 Å². The van der Waals surface area contributed by atoms with E-state index in [4.69, 9.17) is 16.3 Å². The topological polar surface area (TPSA) is 21.3 Å². The highest BCUT2D eigenvalue weighted by Crippen LogP contribution is 2.27. The van der Waals surface area contributed by atoms with Crippen molar-refractivity contribution in [3.8, 4) is 0 Å². The third-order valence-electron chi connectivity index (χ3n) is 2.56. The minimum absolute atomic E-state index is 0.561. The lowest BCUT2D eigenvalue weighted by atomic mass is 9.95. The lowest BCUT2D eigenvalue weighted by molar-refractivity contribution is 0.156. The van der Waals surface area contributed by atoms with Crippen LogP contribution in [0.3, 0.4) is 0 Å². The molecule has 1 aromatic rings. The van der Waals surface area contributed by atoms with Crippen molar-refractivity contribution >= 4 is 17.3 Å². The summed E-state index contributed by atoms with van der Waals surface area (Å²) >= 11 is 5.94. The zero-order valence-electron chi connectivity index (χ0n) is 8.22. The number of fused-ring (bicyclic) bond motifs is 1. The zero-order valence-corrected chi connectivity index (χ0v) is 8.97. The van der Waals surface area contributed by atoms with E-state index in [-0.39, 0.29) is 0 Å². The van der Waals surface area contributed by atoms with E-state index in [0.717, 1.165) is 24.6 Å². The number of hydrogen-bond acceptors (Lipinski definition) is 2. The highest BCUT2D eigenvalue weighted by atomic mass is 35.5. The standard InChI is InChI=1S/C11H14ClNO/c1-14-7-8-4-9-5-10(12)2-3-11(9)13-6-8/h2-3,5,8,13H,4,6-7H2,1H3. The molecule has 1 atom stereocenters. The summed E-state index contributed by atoms with van der Waals surface area (Å²) in [5, 5.41) is 4.19. The van der Waals surface area contributed by atoms with Gasteiger partial charge in [0.25, 0.3) is 0 Å². The maximum atomic E-state index is 5.94. The average Bonchev–Trinajstić information content (AvgIpc) is 2.17. The predicted octanol–water partition coefficient (Wildman–Crippen LogP) is 2.57. The number of anilines is 1. The molecule has 1 aliphatic heterocycles. The molecule has 14 heavy (non-hydrogen) atoms.